The van der Waals surface area contributed by atoms with Gasteiger partial charge in [-0.25, -0.2) is 13.6 Å². The van der Waals surface area contributed by atoms with Crippen molar-refractivity contribution < 1.29 is 13.2 Å². The molecule has 0 radical (unpaired) electrons. The highest BCUT2D eigenvalue weighted by molar-refractivity contribution is 7.89. The van der Waals surface area contributed by atoms with E-state index in [1.165, 1.54) is 18.2 Å². The lowest BCUT2D eigenvalue weighted by Crippen LogP contribution is -2.24. The molecule has 7 nitrogen and oxygen atoms in total. The van der Waals surface area contributed by atoms with Crippen LogP contribution in [0.1, 0.15) is 21.5 Å². The fourth-order valence-electron chi connectivity index (χ4n) is 2.58. The number of hydrogen-bond acceptors (Lipinski definition) is 4. The number of carbonyl (C=O) groups excluding carboxylic acids is 1. The molecule has 0 aliphatic heterocycles. The molecular formula is C18H17ClN4O3S. The van der Waals surface area contributed by atoms with E-state index in [1.807, 2.05) is 36.5 Å². The van der Waals surface area contributed by atoms with Gasteiger partial charge < -0.3 is 5.32 Å². The zero-order valence-corrected chi connectivity index (χ0v) is 15.7. The van der Waals surface area contributed by atoms with Gasteiger partial charge in [0.2, 0.25) is 10.0 Å². The average Bonchev–Trinajstić information content (AvgIpc) is 3.13. The maximum atomic E-state index is 12.5. The Balaban J connectivity index is 1.77. The number of nitrogens with zero attached hydrogens (tertiary/aromatic N) is 2. The molecule has 3 aromatic rings. The van der Waals surface area contributed by atoms with Gasteiger partial charge in [-0.05, 0) is 35.4 Å². The molecule has 0 fully saturated rings. The molecular weight excluding hydrogens is 388 g/mol. The molecule has 0 bridgehead atoms. The second kappa shape index (κ2) is 7.91. The molecule has 1 aromatic heterocycles. The summed E-state index contributed by atoms with van der Waals surface area (Å²) in [4.78, 5) is 12.3. The predicted molar refractivity (Wildman–Crippen MR) is 102 cm³/mol. The highest BCUT2D eigenvalue weighted by Gasteiger charge is 2.16. The topological polar surface area (TPSA) is 107 Å². The van der Waals surface area contributed by atoms with Gasteiger partial charge in [0.25, 0.3) is 5.91 Å². The first kappa shape index (κ1) is 19.1. The normalized spacial score (nSPS) is 11.3. The van der Waals surface area contributed by atoms with Crippen LogP contribution >= 0.6 is 11.6 Å². The Hall–Kier alpha value is -2.68. The molecule has 0 aliphatic rings. The lowest BCUT2D eigenvalue weighted by atomic mass is 10.1. The summed E-state index contributed by atoms with van der Waals surface area (Å²) in [5.74, 6) is -0.487. The van der Waals surface area contributed by atoms with Crippen LogP contribution in [-0.2, 0) is 23.1 Å². The minimum absolute atomic E-state index is 0.0488. The summed E-state index contributed by atoms with van der Waals surface area (Å²) in [6.45, 7) is 0.826. The minimum Gasteiger partial charge on any atom is -0.348 e. The summed E-state index contributed by atoms with van der Waals surface area (Å²) in [6.07, 6.45) is 3.55. The van der Waals surface area contributed by atoms with Crippen LogP contribution in [0, 0.1) is 0 Å². The standard InChI is InChI=1S/C18H17ClN4O3S/c19-17-7-6-15(27(20,25)26)10-16(17)18(24)21-11-13-4-1-2-5-14(13)12-23-9-3-8-22-23/h1-10H,11-12H2,(H,21,24)(H2,20,25,26). The van der Waals surface area contributed by atoms with Crippen LogP contribution in [0.15, 0.2) is 65.8 Å². The minimum atomic E-state index is -3.93. The maximum Gasteiger partial charge on any atom is 0.253 e. The van der Waals surface area contributed by atoms with Gasteiger partial charge in [0.15, 0.2) is 0 Å². The maximum absolute atomic E-state index is 12.5. The first-order valence-corrected chi connectivity index (χ1v) is 9.92. The molecule has 1 heterocycles. The molecule has 0 aliphatic carbocycles. The number of amides is 1. The first-order chi connectivity index (χ1) is 12.8. The van der Waals surface area contributed by atoms with Crippen molar-refractivity contribution in [2.24, 2.45) is 5.14 Å². The summed E-state index contributed by atoms with van der Waals surface area (Å²) in [5, 5.41) is 12.2. The van der Waals surface area contributed by atoms with E-state index in [-0.39, 0.29) is 22.0 Å². The number of nitrogens with one attached hydrogen (secondary N) is 1. The predicted octanol–water partition coefficient (Wildman–Crippen LogP) is 2.16. The molecule has 0 saturated heterocycles. The molecule has 0 spiro atoms. The Bertz CT molecular complexity index is 1070. The molecule has 0 unspecified atom stereocenters. The van der Waals surface area contributed by atoms with Crippen molar-refractivity contribution in [3.05, 3.63) is 82.6 Å². The van der Waals surface area contributed by atoms with E-state index in [1.54, 1.807) is 10.9 Å². The number of hydrogen-bond donors (Lipinski definition) is 2. The number of primary sulfonamides is 1. The largest absolute Gasteiger partial charge is 0.348 e. The van der Waals surface area contributed by atoms with Crippen molar-refractivity contribution in [1.29, 1.82) is 0 Å². The number of nitrogens with two attached hydrogens (primary N) is 1. The van der Waals surface area contributed by atoms with Crippen LogP contribution in [0.25, 0.3) is 0 Å². The Morgan fingerprint density at radius 2 is 1.89 bits per heavy atom. The van der Waals surface area contributed by atoms with Gasteiger partial charge in [-0.15, -0.1) is 0 Å². The molecule has 27 heavy (non-hydrogen) atoms. The third-order valence-electron chi connectivity index (χ3n) is 3.96. The second-order valence-corrected chi connectivity index (χ2v) is 7.81. The summed E-state index contributed by atoms with van der Waals surface area (Å²) >= 11 is 6.04. The van der Waals surface area contributed by atoms with Crippen LogP contribution in [-0.4, -0.2) is 24.1 Å². The summed E-state index contributed by atoms with van der Waals surface area (Å²) < 4.78 is 24.8. The Morgan fingerprint density at radius 3 is 2.56 bits per heavy atom. The number of halogens is 1. The quantitative estimate of drug-likeness (QED) is 0.656. The second-order valence-electron chi connectivity index (χ2n) is 5.84. The van der Waals surface area contributed by atoms with E-state index in [2.05, 4.69) is 10.4 Å². The molecule has 140 valence electrons. The zero-order valence-electron chi connectivity index (χ0n) is 14.2. The lowest BCUT2D eigenvalue weighted by molar-refractivity contribution is 0.0950. The molecule has 2 aromatic carbocycles. The highest BCUT2D eigenvalue weighted by atomic mass is 35.5. The van der Waals surface area contributed by atoms with E-state index in [0.29, 0.717) is 6.54 Å². The van der Waals surface area contributed by atoms with Gasteiger partial charge in [-0.3, -0.25) is 9.48 Å². The van der Waals surface area contributed by atoms with Gasteiger partial charge in [-0.2, -0.15) is 5.10 Å². The van der Waals surface area contributed by atoms with Crippen molar-refractivity contribution in [3.8, 4) is 0 Å². The zero-order chi connectivity index (χ0) is 19.4. The van der Waals surface area contributed by atoms with Gasteiger partial charge >= 0.3 is 0 Å². The van der Waals surface area contributed by atoms with E-state index in [0.717, 1.165) is 11.1 Å². The van der Waals surface area contributed by atoms with E-state index in [9.17, 15) is 13.2 Å². The number of sulfonamides is 1. The lowest BCUT2D eigenvalue weighted by Gasteiger charge is -2.12. The third kappa shape index (κ3) is 4.73. The first-order valence-electron chi connectivity index (χ1n) is 7.99. The Morgan fingerprint density at radius 1 is 1.15 bits per heavy atom. The summed E-state index contributed by atoms with van der Waals surface area (Å²) in [6, 6.07) is 13.3. The van der Waals surface area contributed by atoms with Gasteiger partial charge in [-0.1, -0.05) is 35.9 Å². The van der Waals surface area contributed by atoms with Crippen LogP contribution in [0.2, 0.25) is 5.02 Å². The van der Waals surface area contributed by atoms with Crippen molar-refractivity contribution in [1.82, 2.24) is 15.1 Å². The number of benzene rings is 2. The van der Waals surface area contributed by atoms with E-state index >= 15 is 0 Å². The number of carbonyl (C=O) groups is 1. The van der Waals surface area contributed by atoms with Crippen molar-refractivity contribution >= 4 is 27.5 Å². The summed E-state index contributed by atoms with van der Waals surface area (Å²) in [5.41, 5.74) is 1.97. The molecule has 9 heteroatoms. The van der Waals surface area contributed by atoms with E-state index in [4.69, 9.17) is 16.7 Å². The fraction of sp³-hybridized carbons (Fsp3) is 0.111. The Kier molecular flexibility index (Phi) is 5.59. The summed E-state index contributed by atoms with van der Waals surface area (Å²) in [7, 11) is -3.93. The highest BCUT2D eigenvalue weighted by Crippen LogP contribution is 2.20. The molecule has 3 N–H and O–H groups in total. The smallest absolute Gasteiger partial charge is 0.253 e. The molecule has 0 saturated carbocycles. The van der Waals surface area contributed by atoms with Crippen molar-refractivity contribution in [2.75, 3.05) is 0 Å². The monoisotopic (exact) mass is 404 g/mol. The van der Waals surface area contributed by atoms with Crippen molar-refractivity contribution in [2.45, 2.75) is 18.0 Å². The Labute approximate surface area is 161 Å². The van der Waals surface area contributed by atoms with Crippen LogP contribution in [0.5, 0.6) is 0 Å². The van der Waals surface area contributed by atoms with Crippen molar-refractivity contribution in [3.63, 3.8) is 0 Å². The number of aromatic nitrogens is 2. The molecule has 3 rings (SSSR count). The van der Waals surface area contributed by atoms with Crippen LogP contribution in [0.4, 0.5) is 0 Å². The molecule has 1 amide bonds. The molecule has 0 atom stereocenters. The van der Waals surface area contributed by atoms with Gasteiger partial charge in [0, 0.05) is 18.9 Å². The number of rotatable bonds is 6. The third-order valence-corrected chi connectivity index (χ3v) is 5.20. The van der Waals surface area contributed by atoms with E-state index < -0.39 is 15.9 Å². The average molecular weight is 405 g/mol. The van der Waals surface area contributed by atoms with Crippen LogP contribution in [0.3, 0.4) is 0 Å². The van der Waals surface area contributed by atoms with Crippen LogP contribution < -0.4 is 10.5 Å². The SMILES string of the molecule is NS(=O)(=O)c1ccc(Cl)c(C(=O)NCc2ccccc2Cn2cccn2)c1. The fourth-order valence-corrected chi connectivity index (χ4v) is 3.32. The van der Waals surface area contributed by atoms with Gasteiger partial charge in [0.05, 0.1) is 22.0 Å². The van der Waals surface area contributed by atoms with Gasteiger partial charge in [0.1, 0.15) is 0 Å².